The Hall–Kier alpha value is -1.40. The molecule has 1 heterocycles. The first-order valence-electron chi connectivity index (χ1n) is 6.83. The normalized spacial score (nSPS) is 17.1. The minimum absolute atomic E-state index is 0.0118. The Labute approximate surface area is 119 Å². The SMILES string of the molecule is CCc1ccc(C(=O)O)cc1S(=O)(=O)N1CCCCC1. The van der Waals surface area contributed by atoms with Gasteiger partial charge in [0, 0.05) is 13.1 Å². The van der Waals surface area contributed by atoms with E-state index < -0.39 is 16.0 Å². The molecule has 0 bridgehead atoms. The molecule has 1 saturated heterocycles. The van der Waals surface area contributed by atoms with Crippen molar-refractivity contribution in [3.05, 3.63) is 29.3 Å². The highest BCUT2D eigenvalue weighted by atomic mass is 32.2. The fourth-order valence-electron chi connectivity index (χ4n) is 2.46. The van der Waals surface area contributed by atoms with Crippen molar-refractivity contribution >= 4 is 16.0 Å². The van der Waals surface area contributed by atoms with Gasteiger partial charge in [-0.25, -0.2) is 13.2 Å². The van der Waals surface area contributed by atoms with Crippen LogP contribution in [0.5, 0.6) is 0 Å². The molecule has 1 N–H and O–H groups in total. The monoisotopic (exact) mass is 297 g/mol. The first-order valence-corrected chi connectivity index (χ1v) is 8.27. The number of aromatic carboxylic acids is 1. The smallest absolute Gasteiger partial charge is 0.335 e. The van der Waals surface area contributed by atoms with Gasteiger partial charge in [0.05, 0.1) is 10.5 Å². The molecule has 0 radical (unpaired) electrons. The molecule has 1 aliphatic rings. The molecule has 1 aromatic rings. The first kappa shape index (κ1) is 15.0. The summed E-state index contributed by atoms with van der Waals surface area (Å²) in [6.07, 6.45) is 3.32. The maximum absolute atomic E-state index is 12.7. The summed E-state index contributed by atoms with van der Waals surface area (Å²) in [6, 6.07) is 4.34. The van der Waals surface area contributed by atoms with Gasteiger partial charge >= 0.3 is 5.97 Å². The van der Waals surface area contributed by atoms with Gasteiger partial charge in [0.15, 0.2) is 0 Å². The number of aryl methyl sites for hydroxylation is 1. The third-order valence-electron chi connectivity index (χ3n) is 3.63. The van der Waals surface area contributed by atoms with E-state index >= 15 is 0 Å². The maximum atomic E-state index is 12.7. The van der Waals surface area contributed by atoms with Crippen LogP contribution in [0.2, 0.25) is 0 Å². The Balaban J connectivity index is 2.48. The molecule has 0 unspecified atom stereocenters. The lowest BCUT2D eigenvalue weighted by Gasteiger charge is -2.26. The first-order chi connectivity index (χ1) is 9.46. The minimum Gasteiger partial charge on any atom is -0.478 e. The Bertz CT molecular complexity index is 604. The van der Waals surface area contributed by atoms with Crippen LogP contribution in [0.25, 0.3) is 0 Å². The molecule has 1 aliphatic heterocycles. The highest BCUT2D eigenvalue weighted by Gasteiger charge is 2.28. The molecule has 20 heavy (non-hydrogen) atoms. The third-order valence-corrected chi connectivity index (χ3v) is 5.61. The molecule has 0 spiro atoms. The number of carbonyl (C=O) groups is 1. The standard InChI is InChI=1S/C14H19NO4S/c1-2-11-6-7-12(14(16)17)10-13(11)20(18,19)15-8-4-3-5-9-15/h6-7,10H,2-5,8-9H2,1H3,(H,16,17). The van der Waals surface area contributed by atoms with E-state index in [4.69, 9.17) is 5.11 Å². The van der Waals surface area contributed by atoms with Gasteiger partial charge in [0.2, 0.25) is 10.0 Å². The zero-order valence-electron chi connectivity index (χ0n) is 11.5. The van der Waals surface area contributed by atoms with Crippen LogP contribution in [0.15, 0.2) is 23.1 Å². The Morgan fingerprint density at radius 3 is 2.45 bits per heavy atom. The third kappa shape index (κ3) is 2.86. The summed E-state index contributed by atoms with van der Waals surface area (Å²) >= 11 is 0. The number of piperidine rings is 1. The summed E-state index contributed by atoms with van der Waals surface area (Å²) in [4.78, 5) is 11.2. The molecule has 0 saturated carbocycles. The maximum Gasteiger partial charge on any atom is 0.335 e. The molecule has 0 aliphatic carbocycles. The average molecular weight is 297 g/mol. The summed E-state index contributed by atoms with van der Waals surface area (Å²) in [5, 5.41) is 9.04. The second kappa shape index (κ2) is 5.93. The molecule has 0 aromatic heterocycles. The number of carboxylic acids is 1. The summed E-state index contributed by atoms with van der Waals surface area (Å²) < 4.78 is 26.8. The van der Waals surface area contributed by atoms with E-state index in [1.165, 1.54) is 16.4 Å². The predicted molar refractivity (Wildman–Crippen MR) is 75.4 cm³/mol. The fraction of sp³-hybridized carbons (Fsp3) is 0.500. The van der Waals surface area contributed by atoms with E-state index in [0.717, 1.165) is 19.3 Å². The van der Waals surface area contributed by atoms with Crippen molar-refractivity contribution in [1.29, 1.82) is 0 Å². The number of benzene rings is 1. The molecule has 6 heteroatoms. The number of rotatable bonds is 4. The van der Waals surface area contributed by atoms with Crippen molar-refractivity contribution < 1.29 is 18.3 Å². The van der Waals surface area contributed by atoms with E-state index in [-0.39, 0.29) is 10.5 Å². The Morgan fingerprint density at radius 2 is 1.90 bits per heavy atom. The summed E-state index contributed by atoms with van der Waals surface area (Å²) in [6.45, 7) is 2.90. The molecule has 1 aromatic carbocycles. The highest BCUT2D eigenvalue weighted by molar-refractivity contribution is 7.89. The van der Waals surface area contributed by atoms with E-state index in [0.29, 0.717) is 25.1 Å². The molecular formula is C14H19NO4S. The average Bonchev–Trinajstić information content (AvgIpc) is 2.47. The molecule has 1 fully saturated rings. The number of hydrogen-bond acceptors (Lipinski definition) is 3. The van der Waals surface area contributed by atoms with Crippen LogP contribution in [0.1, 0.15) is 42.1 Å². The van der Waals surface area contributed by atoms with Crippen molar-refractivity contribution in [2.24, 2.45) is 0 Å². The van der Waals surface area contributed by atoms with Gasteiger partial charge < -0.3 is 5.11 Å². The fourth-order valence-corrected chi connectivity index (χ4v) is 4.30. The van der Waals surface area contributed by atoms with Crippen molar-refractivity contribution in [2.75, 3.05) is 13.1 Å². The quantitative estimate of drug-likeness (QED) is 0.923. The van der Waals surface area contributed by atoms with Gasteiger partial charge in [0.1, 0.15) is 0 Å². The zero-order valence-corrected chi connectivity index (χ0v) is 12.3. The number of carboxylic acid groups (broad SMARTS) is 1. The van der Waals surface area contributed by atoms with E-state index in [2.05, 4.69) is 0 Å². The van der Waals surface area contributed by atoms with Crippen molar-refractivity contribution in [2.45, 2.75) is 37.5 Å². The predicted octanol–water partition coefficient (Wildman–Crippen LogP) is 2.12. The van der Waals surface area contributed by atoms with Crippen LogP contribution >= 0.6 is 0 Å². The van der Waals surface area contributed by atoms with Crippen LogP contribution in [-0.4, -0.2) is 36.9 Å². The van der Waals surface area contributed by atoms with E-state index in [9.17, 15) is 13.2 Å². The summed E-state index contributed by atoms with van der Waals surface area (Å²) in [5.74, 6) is -1.11. The second-order valence-corrected chi connectivity index (χ2v) is 6.85. The van der Waals surface area contributed by atoms with Gasteiger partial charge in [0.25, 0.3) is 0 Å². The number of nitrogens with zero attached hydrogens (tertiary/aromatic N) is 1. The lowest BCUT2D eigenvalue weighted by molar-refractivity contribution is 0.0696. The van der Waals surface area contributed by atoms with Gasteiger partial charge in [-0.2, -0.15) is 4.31 Å². The molecular weight excluding hydrogens is 278 g/mol. The molecule has 110 valence electrons. The van der Waals surface area contributed by atoms with Crippen molar-refractivity contribution in [3.8, 4) is 0 Å². The van der Waals surface area contributed by atoms with Crippen molar-refractivity contribution in [3.63, 3.8) is 0 Å². The van der Waals surface area contributed by atoms with E-state index in [1.54, 1.807) is 6.07 Å². The summed E-state index contributed by atoms with van der Waals surface area (Å²) in [7, 11) is -3.59. The largest absolute Gasteiger partial charge is 0.478 e. The van der Waals surface area contributed by atoms with Gasteiger partial charge in [-0.1, -0.05) is 19.4 Å². The number of sulfonamides is 1. The lowest BCUT2D eigenvalue weighted by atomic mass is 10.1. The van der Waals surface area contributed by atoms with Crippen LogP contribution in [0.4, 0.5) is 0 Å². The van der Waals surface area contributed by atoms with Gasteiger partial charge in [-0.3, -0.25) is 0 Å². The molecule has 0 atom stereocenters. The van der Waals surface area contributed by atoms with E-state index in [1.807, 2.05) is 6.92 Å². The van der Waals surface area contributed by atoms with Crippen LogP contribution in [0.3, 0.4) is 0 Å². The minimum atomic E-state index is -3.59. The van der Waals surface area contributed by atoms with Crippen LogP contribution in [-0.2, 0) is 16.4 Å². The second-order valence-electron chi connectivity index (χ2n) is 4.95. The summed E-state index contributed by atoms with van der Waals surface area (Å²) in [5.41, 5.74) is 0.679. The topological polar surface area (TPSA) is 74.7 Å². The van der Waals surface area contributed by atoms with Crippen molar-refractivity contribution in [1.82, 2.24) is 4.31 Å². The number of hydrogen-bond donors (Lipinski definition) is 1. The molecule has 0 amide bonds. The molecule has 2 rings (SSSR count). The Morgan fingerprint density at radius 1 is 1.25 bits per heavy atom. The Kier molecular flexibility index (Phi) is 4.45. The van der Waals surface area contributed by atoms with Crippen LogP contribution in [0, 0.1) is 0 Å². The van der Waals surface area contributed by atoms with Gasteiger partial charge in [-0.15, -0.1) is 0 Å². The zero-order chi connectivity index (χ0) is 14.8. The van der Waals surface area contributed by atoms with Crippen LogP contribution < -0.4 is 0 Å². The molecule has 5 nitrogen and oxygen atoms in total. The van der Waals surface area contributed by atoms with Gasteiger partial charge in [-0.05, 0) is 37.0 Å². The lowest BCUT2D eigenvalue weighted by Crippen LogP contribution is -2.36. The highest BCUT2D eigenvalue weighted by Crippen LogP contribution is 2.25.